The number of rotatable bonds is 6. The summed E-state index contributed by atoms with van der Waals surface area (Å²) in [5, 5.41) is 7.60. The van der Waals surface area contributed by atoms with Gasteiger partial charge in [-0.2, -0.15) is 5.10 Å². The van der Waals surface area contributed by atoms with Crippen molar-refractivity contribution in [3.63, 3.8) is 0 Å². The first-order chi connectivity index (χ1) is 14.0. The fourth-order valence-corrected chi connectivity index (χ4v) is 3.75. The molecule has 0 saturated carbocycles. The van der Waals surface area contributed by atoms with Gasteiger partial charge in [0.15, 0.2) is 5.96 Å². The minimum absolute atomic E-state index is 0. The van der Waals surface area contributed by atoms with E-state index in [9.17, 15) is 0 Å². The van der Waals surface area contributed by atoms with Gasteiger partial charge in [0.2, 0.25) is 0 Å². The molecule has 166 valence electrons. The Balaban J connectivity index is 0.00000320. The van der Waals surface area contributed by atoms with Gasteiger partial charge in [0.25, 0.3) is 0 Å². The molecular weight excluding hydrogens is 491 g/mol. The van der Waals surface area contributed by atoms with Crippen LogP contribution in [0.25, 0.3) is 0 Å². The molecule has 0 aliphatic carbocycles. The van der Waals surface area contributed by atoms with Crippen LogP contribution < -0.4 is 10.2 Å². The standard InChI is InChI=1S/C21H34N8.HI/c1-17-7-6-8-19(18(17)2)29-13-11-28(12-14-29)10-9-23-21(22-3)26(4)15-20-24-16-25-27(20)5;/h6-8,16H,9-15H2,1-5H3,(H,22,23);1H. The van der Waals surface area contributed by atoms with Gasteiger partial charge in [-0.25, -0.2) is 4.98 Å². The van der Waals surface area contributed by atoms with E-state index >= 15 is 0 Å². The van der Waals surface area contributed by atoms with Crippen LogP contribution in [0.5, 0.6) is 0 Å². The minimum atomic E-state index is 0. The van der Waals surface area contributed by atoms with Gasteiger partial charge in [0.1, 0.15) is 12.2 Å². The smallest absolute Gasteiger partial charge is 0.193 e. The highest BCUT2D eigenvalue weighted by Crippen LogP contribution is 2.23. The Morgan fingerprint density at radius 3 is 2.57 bits per heavy atom. The summed E-state index contributed by atoms with van der Waals surface area (Å²) >= 11 is 0. The first-order valence-electron chi connectivity index (χ1n) is 10.3. The van der Waals surface area contributed by atoms with E-state index in [0.717, 1.165) is 51.1 Å². The average molecular weight is 526 g/mol. The molecule has 1 aromatic heterocycles. The molecule has 0 atom stereocenters. The van der Waals surface area contributed by atoms with Crippen molar-refractivity contribution in [1.29, 1.82) is 0 Å². The van der Waals surface area contributed by atoms with E-state index in [2.05, 4.69) is 67.1 Å². The number of hydrogen-bond donors (Lipinski definition) is 1. The molecule has 0 amide bonds. The van der Waals surface area contributed by atoms with Crippen LogP contribution >= 0.6 is 24.0 Å². The molecule has 1 aromatic carbocycles. The molecule has 1 aliphatic rings. The third kappa shape index (κ3) is 6.07. The number of nitrogens with one attached hydrogen (secondary N) is 1. The van der Waals surface area contributed by atoms with Crippen molar-refractivity contribution in [2.75, 3.05) is 58.3 Å². The lowest BCUT2D eigenvalue weighted by Crippen LogP contribution is -2.49. The van der Waals surface area contributed by atoms with E-state index in [4.69, 9.17) is 0 Å². The van der Waals surface area contributed by atoms with Gasteiger partial charge in [-0.1, -0.05) is 12.1 Å². The summed E-state index contributed by atoms with van der Waals surface area (Å²) in [5.74, 6) is 1.79. The Hall–Kier alpha value is -1.88. The van der Waals surface area contributed by atoms with Gasteiger partial charge in [0.05, 0.1) is 6.54 Å². The van der Waals surface area contributed by atoms with Crippen LogP contribution in [0.4, 0.5) is 5.69 Å². The van der Waals surface area contributed by atoms with Gasteiger partial charge in [-0.05, 0) is 31.0 Å². The molecule has 30 heavy (non-hydrogen) atoms. The van der Waals surface area contributed by atoms with Gasteiger partial charge in [0, 0.05) is 66.1 Å². The first-order valence-corrected chi connectivity index (χ1v) is 10.3. The van der Waals surface area contributed by atoms with Crippen LogP contribution in [0, 0.1) is 13.8 Å². The van der Waals surface area contributed by atoms with Crippen molar-refractivity contribution < 1.29 is 0 Å². The monoisotopic (exact) mass is 526 g/mol. The van der Waals surface area contributed by atoms with Crippen LogP contribution in [0.1, 0.15) is 17.0 Å². The van der Waals surface area contributed by atoms with Crippen LogP contribution in [-0.2, 0) is 13.6 Å². The number of anilines is 1. The highest BCUT2D eigenvalue weighted by Gasteiger charge is 2.19. The Bertz CT molecular complexity index is 826. The zero-order valence-electron chi connectivity index (χ0n) is 18.8. The predicted octanol–water partition coefficient (Wildman–Crippen LogP) is 1.88. The Kier molecular flexibility index (Phi) is 9.35. The van der Waals surface area contributed by atoms with Crippen LogP contribution in [-0.4, -0.2) is 83.9 Å². The van der Waals surface area contributed by atoms with E-state index in [1.54, 1.807) is 11.0 Å². The van der Waals surface area contributed by atoms with E-state index < -0.39 is 0 Å². The minimum Gasteiger partial charge on any atom is -0.369 e. The van der Waals surface area contributed by atoms with Gasteiger partial charge in [-0.15, -0.1) is 24.0 Å². The quantitative estimate of drug-likeness (QED) is 0.353. The van der Waals surface area contributed by atoms with Crippen molar-refractivity contribution in [3.8, 4) is 0 Å². The van der Waals surface area contributed by atoms with E-state index in [0.29, 0.717) is 6.54 Å². The summed E-state index contributed by atoms with van der Waals surface area (Å²) in [6, 6.07) is 6.60. The molecule has 0 bridgehead atoms. The highest BCUT2D eigenvalue weighted by molar-refractivity contribution is 14.0. The molecule has 0 radical (unpaired) electrons. The Morgan fingerprint density at radius 1 is 1.20 bits per heavy atom. The summed E-state index contributed by atoms with van der Waals surface area (Å²) < 4.78 is 1.79. The second-order valence-corrected chi connectivity index (χ2v) is 7.68. The molecule has 0 unspecified atom stereocenters. The molecule has 1 saturated heterocycles. The van der Waals surface area contributed by atoms with Crippen molar-refractivity contribution in [3.05, 3.63) is 41.5 Å². The average Bonchev–Trinajstić information content (AvgIpc) is 3.12. The van der Waals surface area contributed by atoms with E-state index in [1.165, 1.54) is 16.8 Å². The maximum Gasteiger partial charge on any atom is 0.193 e. The zero-order chi connectivity index (χ0) is 20.8. The van der Waals surface area contributed by atoms with E-state index in [1.807, 2.05) is 21.1 Å². The molecule has 8 nitrogen and oxygen atoms in total. The molecular formula is C21H35IN8. The molecule has 9 heteroatoms. The van der Waals surface area contributed by atoms with Crippen molar-refractivity contribution >= 4 is 35.6 Å². The first kappa shape index (κ1) is 24.4. The number of piperazine rings is 1. The fraction of sp³-hybridized carbons (Fsp3) is 0.571. The number of aromatic nitrogens is 3. The number of halogens is 1. The molecule has 1 aliphatic heterocycles. The molecule has 3 rings (SSSR count). The number of aliphatic imine (C=N–C) groups is 1. The van der Waals surface area contributed by atoms with E-state index in [-0.39, 0.29) is 24.0 Å². The summed E-state index contributed by atoms with van der Waals surface area (Å²) in [6.45, 7) is 11.3. The number of aryl methyl sites for hydroxylation is 2. The summed E-state index contributed by atoms with van der Waals surface area (Å²) in [7, 11) is 5.75. The Labute approximate surface area is 197 Å². The van der Waals surface area contributed by atoms with Crippen molar-refractivity contribution in [1.82, 2.24) is 29.9 Å². The Morgan fingerprint density at radius 2 is 1.93 bits per heavy atom. The lowest BCUT2D eigenvalue weighted by Gasteiger charge is -2.37. The normalized spacial score (nSPS) is 15.1. The van der Waals surface area contributed by atoms with Crippen molar-refractivity contribution in [2.24, 2.45) is 12.0 Å². The summed E-state index contributed by atoms with van der Waals surface area (Å²) in [5.41, 5.74) is 4.15. The summed E-state index contributed by atoms with van der Waals surface area (Å²) in [4.78, 5) is 15.8. The molecule has 2 aromatic rings. The number of benzene rings is 1. The van der Waals surface area contributed by atoms with Gasteiger partial charge in [-0.3, -0.25) is 14.6 Å². The third-order valence-electron chi connectivity index (χ3n) is 5.76. The number of nitrogens with zero attached hydrogens (tertiary/aromatic N) is 7. The number of guanidine groups is 1. The highest BCUT2D eigenvalue weighted by atomic mass is 127. The molecule has 1 fully saturated rings. The largest absolute Gasteiger partial charge is 0.369 e. The maximum atomic E-state index is 4.40. The lowest BCUT2D eigenvalue weighted by atomic mass is 10.1. The molecule has 0 spiro atoms. The topological polar surface area (TPSA) is 64.8 Å². The second kappa shape index (κ2) is 11.5. The predicted molar refractivity (Wildman–Crippen MR) is 134 cm³/mol. The molecule has 2 heterocycles. The second-order valence-electron chi connectivity index (χ2n) is 7.68. The maximum absolute atomic E-state index is 4.40. The van der Waals surface area contributed by atoms with Crippen molar-refractivity contribution in [2.45, 2.75) is 20.4 Å². The zero-order valence-corrected chi connectivity index (χ0v) is 21.1. The summed E-state index contributed by atoms with van der Waals surface area (Å²) in [6.07, 6.45) is 1.58. The lowest BCUT2D eigenvalue weighted by molar-refractivity contribution is 0.260. The van der Waals surface area contributed by atoms with Crippen LogP contribution in [0.3, 0.4) is 0 Å². The molecule has 1 N–H and O–H groups in total. The van der Waals surface area contributed by atoms with Crippen LogP contribution in [0.15, 0.2) is 29.5 Å². The fourth-order valence-electron chi connectivity index (χ4n) is 3.75. The third-order valence-corrected chi connectivity index (χ3v) is 5.76. The van der Waals surface area contributed by atoms with Crippen LogP contribution in [0.2, 0.25) is 0 Å². The number of hydrogen-bond acceptors (Lipinski definition) is 5. The van der Waals surface area contributed by atoms with Gasteiger partial charge >= 0.3 is 0 Å². The SMILES string of the molecule is CN=C(NCCN1CCN(c2cccc(C)c2C)CC1)N(C)Cc1ncnn1C.I. The van der Waals surface area contributed by atoms with Gasteiger partial charge < -0.3 is 15.1 Å².